The molecule has 0 bridgehead atoms. The van der Waals surface area contributed by atoms with E-state index < -0.39 is 0 Å². The zero-order chi connectivity index (χ0) is 10.6. The number of nitrogens with zero attached hydrogens (tertiary/aromatic N) is 1. The van der Waals surface area contributed by atoms with Gasteiger partial charge in [0.15, 0.2) is 0 Å². The number of hydrogen-bond donors (Lipinski definition) is 0. The van der Waals surface area contributed by atoms with Crippen LogP contribution in [0, 0.1) is 0 Å². The highest BCUT2D eigenvalue weighted by atomic mass is 16.5. The third kappa shape index (κ3) is 4.40. The summed E-state index contributed by atoms with van der Waals surface area (Å²) in [6, 6.07) is 0. The molecule has 0 unspecified atom stereocenters. The minimum Gasteiger partial charge on any atom is -0.377 e. The zero-order valence-electron chi connectivity index (χ0n) is 9.82. The minimum atomic E-state index is 0.339. The monoisotopic (exact) mass is 201 g/mol. The summed E-state index contributed by atoms with van der Waals surface area (Å²) in [4.78, 5) is 2.42. The van der Waals surface area contributed by atoms with E-state index in [4.69, 9.17) is 9.47 Å². The Balaban J connectivity index is 2.17. The number of ether oxygens (including phenoxy) is 2. The van der Waals surface area contributed by atoms with Crippen LogP contribution in [-0.2, 0) is 9.47 Å². The first-order chi connectivity index (χ1) is 6.58. The van der Waals surface area contributed by atoms with Gasteiger partial charge in [0.05, 0.1) is 24.9 Å². The molecular weight excluding hydrogens is 178 g/mol. The number of hydrogen-bond acceptors (Lipinski definition) is 3. The molecule has 0 radical (unpaired) electrons. The lowest BCUT2D eigenvalue weighted by atomic mass is 10.2. The average molecular weight is 201 g/mol. The third-order valence-corrected chi connectivity index (χ3v) is 2.35. The zero-order valence-corrected chi connectivity index (χ0v) is 9.82. The summed E-state index contributed by atoms with van der Waals surface area (Å²) < 4.78 is 11.2. The Morgan fingerprint density at radius 1 is 1.29 bits per heavy atom. The van der Waals surface area contributed by atoms with E-state index in [2.05, 4.69) is 32.6 Å². The van der Waals surface area contributed by atoms with E-state index >= 15 is 0 Å². The van der Waals surface area contributed by atoms with Crippen molar-refractivity contribution in [2.75, 3.05) is 26.2 Å². The molecule has 0 aromatic heterocycles. The standard InChI is InChI=1S/C11H23NO2/c1-9(2)13-6-5-12-7-10(3)14-11(4)8-12/h9-11H,5-8H2,1-4H3/t10-,11+. The molecule has 1 fully saturated rings. The molecule has 0 saturated carbocycles. The largest absolute Gasteiger partial charge is 0.377 e. The molecule has 84 valence electrons. The first kappa shape index (κ1) is 12.0. The highest BCUT2D eigenvalue weighted by molar-refractivity contribution is 4.72. The van der Waals surface area contributed by atoms with Crippen molar-refractivity contribution in [3.05, 3.63) is 0 Å². The Hall–Kier alpha value is -0.120. The second-order valence-electron chi connectivity index (χ2n) is 4.44. The van der Waals surface area contributed by atoms with Crippen molar-refractivity contribution in [2.45, 2.75) is 46.0 Å². The minimum absolute atomic E-state index is 0.339. The van der Waals surface area contributed by atoms with Gasteiger partial charge in [0.25, 0.3) is 0 Å². The second kappa shape index (κ2) is 5.69. The second-order valence-corrected chi connectivity index (χ2v) is 4.44. The van der Waals surface area contributed by atoms with E-state index in [0.717, 1.165) is 26.2 Å². The van der Waals surface area contributed by atoms with Crippen LogP contribution in [0.2, 0.25) is 0 Å². The Morgan fingerprint density at radius 3 is 2.36 bits per heavy atom. The lowest BCUT2D eigenvalue weighted by molar-refractivity contribution is -0.0748. The normalized spacial score (nSPS) is 29.8. The van der Waals surface area contributed by atoms with E-state index in [9.17, 15) is 0 Å². The van der Waals surface area contributed by atoms with Gasteiger partial charge in [-0.05, 0) is 27.7 Å². The Morgan fingerprint density at radius 2 is 1.86 bits per heavy atom. The van der Waals surface area contributed by atoms with Crippen LogP contribution in [0.4, 0.5) is 0 Å². The van der Waals surface area contributed by atoms with E-state index in [1.54, 1.807) is 0 Å². The van der Waals surface area contributed by atoms with Crippen LogP contribution < -0.4 is 0 Å². The molecular formula is C11H23NO2. The first-order valence-corrected chi connectivity index (χ1v) is 5.57. The quantitative estimate of drug-likeness (QED) is 0.688. The molecule has 3 nitrogen and oxygen atoms in total. The summed E-state index contributed by atoms with van der Waals surface area (Å²) in [5.74, 6) is 0. The summed E-state index contributed by atoms with van der Waals surface area (Å²) in [6.07, 6.45) is 1.06. The molecule has 0 amide bonds. The topological polar surface area (TPSA) is 21.7 Å². The summed E-state index contributed by atoms with van der Waals surface area (Å²) in [6.45, 7) is 12.3. The van der Waals surface area contributed by atoms with E-state index in [-0.39, 0.29) is 0 Å². The number of rotatable bonds is 4. The fourth-order valence-corrected chi connectivity index (χ4v) is 1.88. The summed E-state index contributed by atoms with van der Waals surface area (Å²) >= 11 is 0. The average Bonchev–Trinajstić information content (AvgIpc) is 2.01. The molecule has 0 spiro atoms. The molecule has 0 N–H and O–H groups in total. The van der Waals surface area contributed by atoms with Gasteiger partial charge in [-0.3, -0.25) is 4.90 Å². The van der Waals surface area contributed by atoms with Gasteiger partial charge in [-0.2, -0.15) is 0 Å². The molecule has 1 heterocycles. The van der Waals surface area contributed by atoms with Crippen molar-refractivity contribution in [2.24, 2.45) is 0 Å². The van der Waals surface area contributed by atoms with E-state index in [1.807, 2.05) is 0 Å². The van der Waals surface area contributed by atoms with Gasteiger partial charge >= 0.3 is 0 Å². The van der Waals surface area contributed by atoms with Crippen molar-refractivity contribution in [1.82, 2.24) is 4.90 Å². The van der Waals surface area contributed by atoms with Gasteiger partial charge < -0.3 is 9.47 Å². The highest BCUT2D eigenvalue weighted by Crippen LogP contribution is 2.09. The maximum atomic E-state index is 5.66. The Bertz CT molecular complexity index is 151. The molecule has 0 aromatic carbocycles. The van der Waals surface area contributed by atoms with Crippen LogP contribution in [0.25, 0.3) is 0 Å². The fraction of sp³-hybridized carbons (Fsp3) is 1.00. The van der Waals surface area contributed by atoms with Gasteiger partial charge in [0.2, 0.25) is 0 Å². The van der Waals surface area contributed by atoms with Gasteiger partial charge in [-0.1, -0.05) is 0 Å². The summed E-state index contributed by atoms with van der Waals surface area (Å²) in [5.41, 5.74) is 0. The maximum absolute atomic E-state index is 5.66. The molecule has 3 heteroatoms. The SMILES string of the molecule is CC(C)OCCN1C[C@@H](C)O[C@@H](C)C1. The Kier molecular flexibility index (Phi) is 4.85. The van der Waals surface area contributed by atoms with Crippen molar-refractivity contribution >= 4 is 0 Å². The predicted molar refractivity (Wildman–Crippen MR) is 57.5 cm³/mol. The molecule has 1 aliphatic rings. The number of morpholine rings is 1. The van der Waals surface area contributed by atoms with Gasteiger partial charge in [-0.25, -0.2) is 0 Å². The van der Waals surface area contributed by atoms with Crippen molar-refractivity contribution in [1.29, 1.82) is 0 Å². The third-order valence-electron chi connectivity index (χ3n) is 2.35. The molecule has 1 aliphatic heterocycles. The van der Waals surface area contributed by atoms with Gasteiger partial charge in [0, 0.05) is 19.6 Å². The van der Waals surface area contributed by atoms with Crippen molar-refractivity contribution in [3.63, 3.8) is 0 Å². The molecule has 2 atom stereocenters. The maximum Gasteiger partial charge on any atom is 0.0678 e. The van der Waals surface area contributed by atoms with Crippen LogP contribution in [0.5, 0.6) is 0 Å². The van der Waals surface area contributed by atoms with Crippen LogP contribution in [0.3, 0.4) is 0 Å². The van der Waals surface area contributed by atoms with Crippen LogP contribution in [0.15, 0.2) is 0 Å². The van der Waals surface area contributed by atoms with E-state index in [0.29, 0.717) is 18.3 Å². The lowest BCUT2D eigenvalue weighted by Crippen LogP contribution is -2.46. The molecule has 1 saturated heterocycles. The summed E-state index contributed by atoms with van der Waals surface area (Å²) in [5, 5.41) is 0. The van der Waals surface area contributed by atoms with Crippen molar-refractivity contribution < 1.29 is 9.47 Å². The smallest absolute Gasteiger partial charge is 0.0678 e. The molecule has 0 aromatic rings. The van der Waals surface area contributed by atoms with Gasteiger partial charge in [-0.15, -0.1) is 0 Å². The molecule has 14 heavy (non-hydrogen) atoms. The van der Waals surface area contributed by atoms with Gasteiger partial charge in [0.1, 0.15) is 0 Å². The van der Waals surface area contributed by atoms with E-state index in [1.165, 1.54) is 0 Å². The fourth-order valence-electron chi connectivity index (χ4n) is 1.88. The lowest BCUT2D eigenvalue weighted by Gasteiger charge is -2.35. The molecule has 0 aliphatic carbocycles. The van der Waals surface area contributed by atoms with Crippen LogP contribution in [0.1, 0.15) is 27.7 Å². The summed E-state index contributed by atoms with van der Waals surface area (Å²) in [7, 11) is 0. The van der Waals surface area contributed by atoms with Crippen molar-refractivity contribution in [3.8, 4) is 0 Å². The van der Waals surface area contributed by atoms with Crippen LogP contribution in [-0.4, -0.2) is 49.5 Å². The predicted octanol–water partition coefficient (Wildman–Crippen LogP) is 1.52. The molecule has 1 rings (SSSR count). The first-order valence-electron chi connectivity index (χ1n) is 5.57. The van der Waals surface area contributed by atoms with Crippen LogP contribution >= 0.6 is 0 Å². The Labute approximate surface area is 87.4 Å². The highest BCUT2D eigenvalue weighted by Gasteiger charge is 2.21.